The number of amides is 2. The zero-order valence-electron chi connectivity index (χ0n) is 9.60. The molecule has 0 spiro atoms. The summed E-state index contributed by atoms with van der Waals surface area (Å²) in [5, 5.41) is 12.3. The fourth-order valence-corrected chi connectivity index (χ4v) is 3.06. The van der Waals surface area contributed by atoms with Crippen molar-refractivity contribution in [2.24, 2.45) is 0 Å². The van der Waals surface area contributed by atoms with E-state index in [4.69, 9.17) is 28.3 Å². The predicted molar refractivity (Wildman–Crippen MR) is 76.1 cm³/mol. The molecule has 0 aromatic heterocycles. The quantitative estimate of drug-likeness (QED) is 0.878. The monoisotopic (exact) mass is 320 g/mol. The molecule has 1 aliphatic heterocycles. The van der Waals surface area contributed by atoms with Crippen LogP contribution >= 0.6 is 35.0 Å². The number of benzene rings is 1. The minimum Gasteiger partial charge on any atom is -0.480 e. The first-order valence-electron chi connectivity index (χ1n) is 5.32. The van der Waals surface area contributed by atoms with E-state index in [9.17, 15) is 9.59 Å². The lowest BCUT2D eigenvalue weighted by Crippen LogP contribution is -2.43. The van der Waals surface area contributed by atoms with Crippen LogP contribution in [0.4, 0.5) is 10.5 Å². The van der Waals surface area contributed by atoms with Gasteiger partial charge in [-0.05, 0) is 18.2 Å². The minimum absolute atomic E-state index is 0.324. The number of nitrogens with one attached hydrogen (secondary N) is 1. The number of rotatable bonds is 2. The Morgan fingerprint density at radius 2 is 2.11 bits per heavy atom. The summed E-state index contributed by atoms with van der Waals surface area (Å²) >= 11 is 13.0. The number of carbonyl (C=O) groups excluding carboxylic acids is 1. The lowest BCUT2D eigenvalue weighted by molar-refractivity contribution is -0.140. The molecule has 1 saturated heterocycles. The Morgan fingerprint density at radius 3 is 2.74 bits per heavy atom. The standard InChI is InChI=1S/C11H10Cl2N2O3S/c12-7-2-1-6(3-8(7)13)14-11(18)15-5-19-4-9(15)10(16)17/h1-3,9H,4-5H2,(H,14,18)(H,16,17). The van der Waals surface area contributed by atoms with E-state index in [0.717, 1.165) is 0 Å². The van der Waals surface area contributed by atoms with Crippen LogP contribution in [0.25, 0.3) is 0 Å². The number of carboxylic acid groups (broad SMARTS) is 1. The second kappa shape index (κ2) is 5.90. The summed E-state index contributed by atoms with van der Waals surface area (Å²) in [6.07, 6.45) is 0. The maximum atomic E-state index is 12.0. The largest absolute Gasteiger partial charge is 0.480 e. The van der Waals surface area contributed by atoms with Crippen LogP contribution < -0.4 is 5.32 Å². The van der Waals surface area contributed by atoms with Crippen molar-refractivity contribution in [3.63, 3.8) is 0 Å². The van der Waals surface area contributed by atoms with Gasteiger partial charge in [-0.1, -0.05) is 23.2 Å². The molecule has 8 heteroatoms. The molecule has 1 aromatic carbocycles. The van der Waals surface area contributed by atoms with Crippen molar-refractivity contribution in [2.45, 2.75) is 6.04 Å². The molecule has 2 N–H and O–H groups in total. The van der Waals surface area contributed by atoms with Crippen LogP contribution in [0.3, 0.4) is 0 Å². The first-order valence-corrected chi connectivity index (χ1v) is 7.23. The maximum absolute atomic E-state index is 12.0. The third-order valence-electron chi connectivity index (χ3n) is 2.60. The molecule has 1 fully saturated rings. The van der Waals surface area contributed by atoms with Crippen molar-refractivity contribution in [1.82, 2.24) is 4.90 Å². The molecule has 1 aliphatic rings. The highest BCUT2D eigenvalue weighted by Crippen LogP contribution is 2.26. The van der Waals surface area contributed by atoms with Gasteiger partial charge in [-0.25, -0.2) is 9.59 Å². The summed E-state index contributed by atoms with van der Waals surface area (Å²) in [5.41, 5.74) is 0.473. The van der Waals surface area contributed by atoms with Gasteiger partial charge in [-0.2, -0.15) is 0 Å². The third-order valence-corrected chi connectivity index (χ3v) is 4.35. The molecule has 0 bridgehead atoms. The minimum atomic E-state index is -1.01. The van der Waals surface area contributed by atoms with Crippen LogP contribution in [-0.2, 0) is 4.79 Å². The van der Waals surface area contributed by atoms with Crippen LogP contribution in [0, 0.1) is 0 Å². The van der Waals surface area contributed by atoms with Gasteiger partial charge in [-0.3, -0.25) is 0 Å². The van der Waals surface area contributed by atoms with Gasteiger partial charge in [0.1, 0.15) is 6.04 Å². The molecule has 0 radical (unpaired) electrons. The summed E-state index contributed by atoms with van der Waals surface area (Å²) in [4.78, 5) is 24.3. The van der Waals surface area contributed by atoms with Crippen molar-refractivity contribution in [3.8, 4) is 0 Å². The molecule has 1 unspecified atom stereocenters. The molecule has 0 saturated carbocycles. The zero-order chi connectivity index (χ0) is 14.0. The van der Waals surface area contributed by atoms with Crippen LogP contribution in [0.5, 0.6) is 0 Å². The molecular weight excluding hydrogens is 311 g/mol. The van der Waals surface area contributed by atoms with E-state index in [1.165, 1.54) is 22.7 Å². The van der Waals surface area contributed by atoms with Gasteiger partial charge in [0, 0.05) is 11.4 Å². The number of nitrogens with zero attached hydrogens (tertiary/aromatic N) is 1. The summed E-state index contributed by atoms with van der Waals surface area (Å²) in [6, 6.07) is 3.42. The van der Waals surface area contributed by atoms with Crippen molar-refractivity contribution >= 4 is 52.7 Å². The molecule has 1 heterocycles. The lowest BCUT2D eigenvalue weighted by atomic mass is 10.3. The van der Waals surface area contributed by atoms with Crippen molar-refractivity contribution < 1.29 is 14.7 Å². The van der Waals surface area contributed by atoms with Crippen LogP contribution in [-0.4, -0.2) is 39.7 Å². The maximum Gasteiger partial charge on any atom is 0.327 e. The van der Waals surface area contributed by atoms with Crippen LogP contribution in [0.1, 0.15) is 0 Å². The first kappa shape index (κ1) is 14.3. The molecule has 102 valence electrons. The fraction of sp³-hybridized carbons (Fsp3) is 0.273. The van der Waals surface area contributed by atoms with Crippen LogP contribution in [0.15, 0.2) is 18.2 Å². The molecule has 1 atom stereocenters. The Kier molecular flexibility index (Phi) is 4.44. The number of aliphatic carboxylic acids is 1. The molecule has 5 nitrogen and oxygen atoms in total. The smallest absolute Gasteiger partial charge is 0.327 e. The number of carboxylic acids is 1. The Hall–Kier alpha value is -1.11. The Morgan fingerprint density at radius 1 is 1.37 bits per heavy atom. The van der Waals surface area contributed by atoms with Crippen LogP contribution in [0.2, 0.25) is 10.0 Å². The second-order valence-corrected chi connectivity index (χ2v) is 5.70. The highest BCUT2D eigenvalue weighted by atomic mass is 35.5. The second-order valence-electron chi connectivity index (χ2n) is 3.88. The topological polar surface area (TPSA) is 69.6 Å². The van der Waals surface area contributed by atoms with E-state index in [0.29, 0.717) is 27.4 Å². The number of urea groups is 1. The van der Waals surface area contributed by atoms with E-state index < -0.39 is 18.0 Å². The van der Waals surface area contributed by atoms with Gasteiger partial charge in [0.05, 0.1) is 15.9 Å². The number of thioether (sulfide) groups is 1. The van der Waals surface area contributed by atoms with E-state index >= 15 is 0 Å². The van der Waals surface area contributed by atoms with Crippen molar-refractivity contribution in [3.05, 3.63) is 28.2 Å². The van der Waals surface area contributed by atoms with E-state index in [1.54, 1.807) is 12.1 Å². The fourth-order valence-electron chi connectivity index (χ4n) is 1.62. The zero-order valence-corrected chi connectivity index (χ0v) is 11.9. The van der Waals surface area contributed by atoms with E-state index in [2.05, 4.69) is 5.32 Å². The Labute approximate surface area is 123 Å². The molecule has 1 aromatic rings. The van der Waals surface area contributed by atoms with Gasteiger partial charge in [-0.15, -0.1) is 11.8 Å². The number of anilines is 1. The molecule has 2 rings (SSSR count). The highest BCUT2D eigenvalue weighted by Gasteiger charge is 2.34. The summed E-state index contributed by atoms with van der Waals surface area (Å²) in [6.45, 7) is 0. The highest BCUT2D eigenvalue weighted by molar-refractivity contribution is 7.99. The molecule has 0 aliphatic carbocycles. The molecular formula is C11H10Cl2N2O3S. The van der Waals surface area contributed by atoms with Crippen molar-refractivity contribution in [2.75, 3.05) is 16.9 Å². The first-order chi connectivity index (χ1) is 8.99. The summed E-state index contributed by atoms with van der Waals surface area (Å²) < 4.78 is 0. The SMILES string of the molecule is O=C(O)C1CSCN1C(=O)Nc1ccc(Cl)c(Cl)c1. The normalized spacial score (nSPS) is 18.4. The lowest BCUT2D eigenvalue weighted by Gasteiger charge is -2.21. The predicted octanol–water partition coefficient (Wildman–Crippen LogP) is 2.98. The Bertz CT molecular complexity index is 527. The average molecular weight is 321 g/mol. The Balaban J connectivity index is 2.08. The van der Waals surface area contributed by atoms with Gasteiger partial charge < -0.3 is 15.3 Å². The number of hydrogen-bond donors (Lipinski definition) is 2. The third kappa shape index (κ3) is 3.26. The average Bonchev–Trinajstić information content (AvgIpc) is 2.83. The number of hydrogen-bond acceptors (Lipinski definition) is 3. The van der Waals surface area contributed by atoms with E-state index in [1.807, 2.05) is 0 Å². The van der Waals surface area contributed by atoms with E-state index in [-0.39, 0.29) is 0 Å². The van der Waals surface area contributed by atoms with Gasteiger partial charge in [0.25, 0.3) is 0 Å². The number of halogens is 2. The summed E-state index contributed by atoms with van der Waals surface area (Å²) in [7, 11) is 0. The van der Waals surface area contributed by atoms with Gasteiger partial charge >= 0.3 is 12.0 Å². The number of carbonyl (C=O) groups is 2. The van der Waals surface area contributed by atoms with Gasteiger partial charge in [0.15, 0.2) is 0 Å². The molecule has 2 amide bonds. The van der Waals surface area contributed by atoms with Gasteiger partial charge in [0.2, 0.25) is 0 Å². The molecule has 19 heavy (non-hydrogen) atoms. The summed E-state index contributed by atoms with van der Waals surface area (Å²) in [5.74, 6) is -0.261. The van der Waals surface area contributed by atoms with Crippen molar-refractivity contribution in [1.29, 1.82) is 0 Å².